The number of hydrogen-bond acceptors (Lipinski definition) is 4. The van der Waals surface area contributed by atoms with Gasteiger partial charge in [0.1, 0.15) is 6.61 Å². The summed E-state index contributed by atoms with van der Waals surface area (Å²) in [5.74, 6) is 7.05. The van der Waals surface area contributed by atoms with E-state index in [1.165, 1.54) is 25.7 Å². The van der Waals surface area contributed by atoms with E-state index in [0.29, 0.717) is 5.92 Å². The van der Waals surface area contributed by atoms with Gasteiger partial charge in [0, 0.05) is 0 Å². The molecule has 0 aromatic rings. The average molecular weight is 363 g/mol. The highest BCUT2D eigenvalue weighted by Gasteiger charge is 2.58. The number of rotatable bonds is 3. The number of ether oxygens (including phenoxy) is 1. The van der Waals surface area contributed by atoms with Crippen LogP contribution in [0.25, 0.3) is 0 Å². The maximum Gasteiger partial charge on any atom is 0.259 e. The SMILES string of the molecule is CC12CCC(OCC(=O)NN)C=C1CCC1C2CCC2(C)C(O)CCC12. The average Bonchev–Trinajstić information content (AvgIpc) is 2.94. The van der Waals surface area contributed by atoms with Crippen LogP contribution in [-0.4, -0.2) is 29.8 Å². The summed E-state index contributed by atoms with van der Waals surface area (Å²) in [6, 6.07) is 0. The number of allylic oxidation sites excluding steroid dienone is 1. The van der Waals surface area contributed by atoms with Crippen molar-refractivity contribution in [2.75, 3.05) is 6.61 Å². The first-order valence-corrected chi connectivity index (χ1v) is 10.4. The third-order valence-corrected chi connectivity index (χ3v) is 8.61. The van der Waals surface area contributed by atoms with Crippen LogP contribution in [0.2, 0.25) is 0 Å². The molecule has 5 nitrogen and oxygen atoms in total. The summed E-state index contributed by atoms with van der Waals surface area (Å²) in [5, 5.41) is 10.6. The van der Waals surface area contributed by atoms with Crippen LogP contribution >= 0.6 is 0 Å². The van der Waals surface area contributed by atoms with Gasteiger partial charge in [-0.25, -0.2) is 5.84 Å². The quantitative estimate of drug-likeness (QED) is 0.312. The van der Waals surface area contributed by atoms with E-state index in [1.807, 2.05) is 0 Å². The molecule has 4 aliphatic carbocycles. The van der Waals surface area contributed by atoms with Gasteiger partial charge in [-0.2, -0.15) is 0 Å². The molecular weight excluding hydrogens is 328 g/mol. The topological polar surface area (TPSA) is 84.6 Å². The Morgan fingerprint density at radius 1 is 1.23 bits per heavy atom. The van der Waals surface area contributed by atoms with Crippen molar-refractivity contribution in [3.05, 3.63) is 11.6 Å². The highest BCUT2D eigenvalue weighted by Crippen LogP contribution is 2.65. The minimum absolute atomic E-state index is 0.0338. The summed E-state index contributed by atoms with van der Waals surface area (Å²) in [4.78, 5) is 11.3. The smallest absolute Gasteiger partial charge is 0.259 e. The van der Waals surface area contributed by atoms with Gasteiger partial charge in [-0.1, -0.05) is 25.5 Å². The summed E-state index contributed by atoms with van der Waals surface area (Å²) in [6.07, 6.45) is 11.3. The van der Waals surface area contributed by atoms with Crippen molar-refractivity contribution < 1.29 is 14.6 Å². The normalized spacial score (nSPS) is 47.4. The van der Waals surface area contributed by atoms with Gasteiger partial charge in [0.15, 0.2) is 0 Å². The molecule has 4 N–H and O–H groups in total. The summed E-state index contributed by atoms with van der Waals surface area (Å²) in [5.41, 5.74) is 4.09. The zero-order chi connectivity index (χ0) is 18.5. The number of aliphatic hydroxyl groups is 1. The Morgan fingerprint density at radius 2 is 2.04 bits per heavy atom. The maximum absolute atomic E-state index is 11.3. The van der Waals surface area contributed by atoms with Crippen molar-refractivity contribution in [3.63, 3.8) is 0 Å². The van der Waals surface area contributed by atoms with Crippen molar-refractivity contribution in [1.82, 2.24) is 5.43 Å². The fourth-order valence-corrected chi connectivity index (χ4v) is 7.02. The highest BCUT2D eigenvalue weighted by molar-refractivity contribution is 5.76. The lowest BCUT2D eigenvalue weighted by atomic mass is 9.47. The van der Waals surface area contributed by atoms with Crippen LogP contribution in [0.15, 0.2) is 11.6 Å². The Bertz CT molecular complexity index is 606. The van der Waals surface area contributed by atoms with Crippen molar-refractivity contribution in [3.8, 4) is 0 Å². The monoisotopic (exact) mass is 362 g/mol. The molecule has 5 heteroatoms. The van der Waals surface area contributed by atoms with E-state index >= 15 is 0 Å². The van der Waals surface area contributed by atoms with E-state index in [1.54, 1.807) is 5.57 Å². The van der Waals surface area contributed by atoms with Gasteiger partial charge in [0.05, 0.1) is 12.2 Å². The van der Waals surface area contributed by atoms with Crippen LogP contribution in [0.5, 0.6) is 0 Å². The number of nitrogens with two attached hydrogens (primary N) is 1. The lowest BCUT2D eigenvalue weighted by Crippen LogP contribution is -2.51. The number of hydrazine groups is 1. The number of amides is 1. The van der Waals surface area contributed by atoms with E-state index < -0.39 is 0 Å². The van der Waals surface area contributed by atoms with Crippen molar-refractivity contribution >= 4 is 5.91 Å². The summed E-state index contributed by atoms with van der Waals surface area (Å²) < 4.78 is 5.76. The minimum Gasteiger partial charge on any atom is -0.393 e. The van der Waals surface area contributed by atoms with Crippen LogP contribution < -0.4 is 11.3 Å². The standard InChI is InChI=1S/C21H34N2O3/c1-20-9-7-14(26-12-19(25)23-22)11-13(20)3-4-15-16-5-6-18(24)21(16,2)10-8-17(15)20/h11,14-18,24H,3-10,12,22H2,1-2H3,(H,23,25). The number of aliphatic hydroxyl groups excluding tert-OH is 1. The fourth-order valence-electron chi connectivity index (χ4n) is 7.02. The molecule has 0 aliphatic heterocycles. The lowest BCUT2D eigenvalue weighted by molar-refractivity contribution is -0.127. The highest BCUT2D eigenvalue weighted by atomic mass is 16.5. The largest absolute Gasteiger partial charge is 0.393 e. The van der Waals surface area contributed by atoms with E-state index in [9.17, 15) is 9.90 Å². The van der Waals surface area contributed by atoms with E-state index in [0.717, 1.165) is 37.5 Å². The third kappa shape index (κ3) is 2.74. The molecule has 3 saturated carbocycles. The van der Waals surface area contributed by atoms with Gasteiger partial charge in [0.2, 0.25) is 0 Å². The van der Waals surface area contributed by atoms with Gasteiger partial charge in [-0.15, -0.1) is 0 Å². The molecule has 146 valence electrons. The first-order chi connectivity index (χ1) is 12.4. The Hall–Kier alpha value is -0.910. The second kappa shape index (κ2) is 6.61. The van der Waals surface area contributed by atoms with Gasteiger partial charge >= 0.3 is 0 Å². The molecule has 0 spiro atoms. The number of hydrogen-bond donors (Lipinski definition) is 3. The molecule has 3 fully saturated rings. The van der Waals surface area contributed by atoms with Gasteiger partial charge < -0.3 is 9.84 Å². The second-order valence-electron chi connectivity index (χ2n) is 9.62. The lowest BCUT2D eigenvalue weighted by Gasteiger charge is -2.58. The minimum atomic E-state index is -0.271. The summed E-state index contributed by atoms with van der Waals surface area (Å²) >= 11 is 0. The van der Waals surface area contributed by atoms with E-state index in [2.05, 4.69) is 25.3 Å². The first-order valence-electron chi connectivity index (χ1n) is 10.4. The van der Waals surface area contributed by atoms with Gasteiger partial charge in [-0.05, 0) is 80.0 Å². The summed E-state index contributed by atoms with van der Waals surface area (Å²) in [6.45, 7) is 4.84. The van der Waals surface area contributed by atoms with Crippen LogP contribution in [-0.2, 0) is 9.53 Å². The second-order valence-corrected chi connectivity index (χ2v) is 9.62. The molecule has 7 atom stereocenters. The fraction of sp³-hybridized carbons (Fsp3) is 0.857. The molecule has 4 rings (SSSR count). The Kier molecular flexibility index (Phi) is 4.69. The Balaban J connectivity index is 1.51. The van der Waals surface area contributed by atoms with Gasteiger partial charge in [0.25, 0.3) is 5.91 Å². The summed E-state index contributed by atoms with van der Waals surface area (Å²) in [7, 11) is 0. The molecule has 0 bridgehead atoms. The molecule has 0 aromatic carbocycles. The van der Waals surface area contributed by atoms with Crippen LogP contribution in [0.4, 0.5) is 0 Å². The van der Waals surface area contributed by atoms with Crippen molar-refractivity contribution in [2.45, 2.75) is 77.4 Å². The molecular formula is C21H34N2O3. The molecule has 7 unspecified atom stereocenters. The van der Waals surface area contributed by atoms with E-state index in [4.69, 9.17) is 10.6 Å². The molecule has 4 aliphatic rings. The predicted molar refractivity (Wildman–Crippen MR) is 99.8 cm³/mol. The third-order valence-electron chi connectivity index (χ3n) is 8.61. The molecule has 26 heavy (non-hydrogen) atoms. The van der Waals surface area contributed by atoms with Crippen molar-refractivity contribution in [1.29, 1.82) is 0 Å². The molecule has 0 heterocycles. The first kappa shape index (κ1) is 18.5. The molecule has 0 radical (unpaired) electrons. The Labute approximate surface area is 156 Å². The van der Waals surface area contributed by atoms with Crippen LogP contribution in [0.3, 0.4) is 0 Å². The van der Waals surface area contributed by atoms with Gasteiger partial charge in [-0.3, -0.25) is 10.2 Å². The molecule has 0 saturated heterocycles. The number of fused-ring (bicyclic) bond motifs is 5. The number of nitrogens with one attached hydrogen (secondary N) is 1. The zero-order valence-corrected chi connectivity index (χ0v) is 16.2. The number of carbonyl (C=O) groups excluding carboxylic acids is 1. The van der Waals surface area contributed by atoms with E-state index in [-0.39, 0.29) is 35.6 Å². The van der Waals surface area contributed by atoms with Crippen LogP contribution in [0.1, 0.15) is 65.2 Å². The zero-order valence-electron chi connectivity index (χ0n) is 16.2. The molecule has 0 aromatic heterocycles. The Morgan fingerprint density at radius 3 is 2.81 bits per heavy atom. The predicted octanol–water partition coefficient (Wildman–Crippen LogP) is 2.69. The maximum atomic E-state index is 11.3. The van der Waals surface area contributed by atoms with Crippen LogP contribution in [0, 0.1) is 28.6 Å². The van der Waals surface area contributed by atoms with Crippen molar-refractivity contribution in [2.24, 2.45) is 34.4 Å². The molecule has 1 amide bonds. The number of carbonyl (C=O) groups is 1.